The zero-order valence-electron chi connectivity index (χ0n) is 11.8. The molecule has 1 rings (SSSR count). The van der Waals surface area contributed by atoms with Gasteiger partial charge in [0, 0.05) is 6.04 Å². The molecule has 3 N–H and O–H groups in total. The number of ether oxygens (including phenoxy) is 1. The van der Waals surface area contributed by atoms with E-state index in [4.69, 9.17) is 10.5 Å². The molecular formula is C13H25N3OS. The molecule has 0 aliphatic rings. The Kier molecular flexibility index (Phi) is 6.25. The predicted molar refractivity (Wildman–Crippen MR) is 79.5 cm³/mol. The fourth-order valence-electron chi connectivity index (χ4n) is 1.80. The Morgan fingerprint density at radius 2 is 2.06 bits per heavy atom. The summed E-state index contributed by atoms with van der Waals surface area (Å²) in [5.41, 5.74) is 5.78. The molecule has 0 aromatic carbocycles. The molecule has 18 heavy (non-hydrogen) atoms. The van der Waals surface area contributed by atoms with Gasteiger partial charge in [0.15, 0.2) is 16.6 Å². The minimum Gasteiger partial charge on any atom is -0.487 e. The van der Waals surface area contributed by atoms with E-state index in [1.165, 1.54) is 24.4 Å². The first-order chi connectivity index (χ1) is 8.54. The van der Waals surface area contributed by atoms with Gasteiger partial charge in [0.2, 0.25) is 0 Å². The number of hydrogen-bond donors (Lipinski definition) is 2. The van der Waals surface area contributed by atoms with E-state index in [1.54, 1.807) is 0 Å². The molecule has 0 amide bonds. The zero-order chi connectivity index (χ0) is 13.5. The van der Waals surface area contributed by atoms with Crippen molar-refractivity contribution in [3.8, 4) is 5.75 Å². The maximum atomic E-state index is 5.78. The third-order valence-electron chi connectivity index (χ3n) is 2.76. The molecule has 1 aromatic heterocycles. The van der Waals surface area contributed by atoms with Gasteiger partial charge in [-0.3, -0.25) is 0 Å². The number of nitrogens with one attached hydrogen (secondary N) is 1. The maximum Gasteiger partial charge on any atom is 0.197 e. The van der Waals surface area contributed by atoms with Gasteiger partial charge in [-0.15, -0.1) is 0 Å². The Balaban J connectivity index is 2.46. The topological polar surface area (TPSA) is 60.2 Å². The molecule has 0 spiro atoms. The van der Waals surface area contributed by atoms with Crippen molar-refractivity contribution in [2.45, 2.75) is 53.0 Å². The van der Waals surface area contributed by atoms with E-state index in [-0.39, 0.29) is 0 Å². The lowest BCUT2D eigenvalue weighted by molar-refractivity contribution is 0.344. The van der Waals surface area contributed by atoms with Gasteiger partial charge in [0.1, 0.15) is 0 Å². The highest BCUT2D eigenvalue weighted by molar-refractivity contribution is 7.11. The monoisotopic (exact) mass is 271 g/mol. The van der Waals surface area contributed by atoms with Crippen molar-refractivity contribution in [3.63, 3.8) is 0 Å². The molecule has 1 unspecified atom stereocenters. The van der Waals surface area contributed by atoms with Crippen LogP contribution in [0.1, 0.15) is 47.0 Å². The van der Waals surface area contributed by atoms with Crippen molar-refractivity contribution in [2.75, 3.05) is 17.7 Å². The van der Waals surface area contributed by atoms with E-state index >= 15 is 0 Å². The molecule has 0 radical (unpaired) electrons. The van der Waals surface area contributed by atoms with Gasteiger partial charge in [-0.05, 0) is 37.7 Å². The Bertz CT molecular complexity index is 352. The minimum absolute atomic E-state index is 0.419. The van der Waals surface area contributed by atoms with Gasteiger partial charge in [-0.25, -0.2) is 0 Å². The highest BCUT2D eigenvalue weighted by Gasteiger charge is 2.14. The molecule has 0 saturated heterocycles. The average molecular weight is 271 g/mol. The molecule has 1 atom stereocenters. The molecule has 104 valence electrons. The van der Waals surface area contributed by atoms with Gasteiger partial charge in [0.25, 0.3) is 0 Å². The van der Waals surface area contributed by atoms with Gasteiger partial charge < -0.3 is 15.8 Å². The van der Waals surface area contributed by atoms with Crippen LogP contribution in [-0.4, -0.2) is 17.0 Å². The Labute approximate surface area is 114 Å². The van der Waals surface area contributed by atoms with Gasteiger partial charge in [-0.1, -0.05) is 26.7 Å². The van der Waals surface area contributed by atoms with E-state index in [1.807, 2.05) is 6.92 Å². The van der Waals surface area contributed by atoms with Crippen molar-refractivity contribution >= 4 is 22.4 Å². The van der Waals surface area contributed by atoms with Crippen LogP contribution in [0.25, 0.3) is 0 Å². The van der Waals surface area contributed by atoms with Crippen molar-refractivity contribution in [1.29, 1.82) is 0 Å². The summed E-state index contributed by atoms with van der Waals surface area (Å²) in [6.07, 6.45) is 3.67. The molecule has 4 nitrogen and oxygen atoms in total. The highest BCUT2D eigenvalue weighted by atomic mass is 32.1. The SMILES string of the molecule is CCOc1c(N)nsc1NC(C)CCCC(C)C. The normalized spacial score (nSPS) is 12.7. The van der Waals surface area contributed by atoms with Crippen molar-refractivity contribution in [1.82, 2.24) is 4.37 Å². The Morgan fingerprint density at radius 3 is 2.67 bits per heavy atom. The summed E-state index contributed by atoms with van der Waals surface area (Å²) >= 11 is 1.37. The first-order valence-corrected chi connectivity index (χ1v) is 7.46. The second-order valence-electron chi connectivity index (χ2n) is 5.03. The number of hydrogen-bond acceptors (Lipinski definition) is 5. The summed E-state index contributed by atoms with van der Waals surface area (Å²) in [4.78, 5) is 0. The van der Waals surface area contributed by atoms with Crippen LogP contribution in [0.2, 0.25) is 0 Å². The minimum atomic E-state index is 0.419. The molecule has 0 bridgehead atoms. The van der Waals surface area contributed by atoms with Gasteiger partial charge in [0.05, 0.1) is 6.61 Å². The van der Waals surface area contributed by atoms with Crippen molar-refractivity contribution in [2.24, 2.45) is 5.92 Å². The maximum absolute atomic E-state index is 5.78. The summed E-state index contributed by atoms with van der Waals surface area (Å²) in [5.74, 6) is 1.96. The number of nitrogens with zero attached hydrogens (tertiary/aromatic N) is 1. The fraction of sp³-hybridized carbons (Fsp3) is 0.769. The second-order valence-corrected chi connectivity index (χ2v) is 5.80. The number of rotatable bonds is 8. The van der Waals surface area contributed by atoms with Crippen LogP contribution in [-0.2, 0) is 0 Å². The zero-order valence-corrected chi connectivity index (χ0v) is 12.6. The molecule has 1 heterocycles. The van der Waals surface area contributed by atoms with Gasteiger partial charge >= 0.3 is 0 Å². The number of aromatic nitrogens is 1. The third-order valence-corrected chi connectivity index (χ3v) is 3.53. The number of nitrogens with two attached hydrogens (primary N) is 1. The first-order valence-electron chi connectivity index (χ1n) is 6.69. The number of nitrogen functional groups attached to an aromatic ring is 1. The summed E-state index contributed by atoms with van der Waals surface area (Å²) in [5, 5.41) is 4.39. The van der Waals surface area contributed by atoms with Crippen molar-refractivity contribution < 1.29 is 4.74 Å². The van der Waals surface area contributed by atoms with Crippen LogP contribution < -0.4 is 15.8 Å². The van der Waals surface area contributed by atoms with E-state index in [2.05, 4.69) is 30.5 Å². The molecule has 0 aliphatic carbocycles. The summed E-state index contributed by atoms with van der Waals surface area (Å²) in [6.45, 7) is 9.27. The smallest absolute Gasteiger partial charge is 0.197 e. The first kappa shape index (κ1) is 15.1. The number of anilines is 2. The van der Waals surface area contributed by atoms with Gasteiger partial charge in [-0.2, -0.15) is 4.37 Å². The fourth-order valence-corrected chi connectivity index (χ4v) is 2.57. The third kappa shape index (κ3) is 4.72. The largest absolute Gasteiger partial charge is 0.487 e. The highest BCUT2D eigenvalue weighted by Crippen LogP contribution is 2.35. The second kappa shape index (κ2) is 7.46. The Morgan fingerprint density at radius 1 is 1.33 bits per heavy atom. The van der Waals surface area contributed by atoms with E-state index in [0.717, 1.165) is 17.3 Å². The van der Waals surface area contributed by atoms with Crippen LogP contribution in [0.5, 0.6) is 5.75 Å². The molecule has 0 aliphatic heterocycles. The molecule has 1 aromatic rings. The van der Waals surface area contributed by atoms with Crippen LogP contribution in [0.3, 0.4) is 0 Å². The van der Waals surface area contributed by atoms with Crippen molar-refractivity contribution in [3.05, 3.63) is 0 Å². The lowest BCUT2D eigenvalue weighted by Gasteiger charge is -2.15. The Hall–Kier alpha value is -0.970. The quantitative estimate of drug-likeness (QED) is 0.756. The summed E-state index contributed by atoms with van der Waals surface area (Å²) in [6, 6.07) is 0.419. The summed E-state index contributed by atoms with van der Waals surface area (Å²) in [7, 11) is 0. The van der Waals surface area contributed by atoms with E-state index in [9.17, 15) is 0 Å². The lowest BCUT2D eigenvalue weighted by Crippen LogP contribution is -2.15. The molecule has 5 heteroatoms. The molecule has 0 fully saturated rings. The van der Waals surface area contributed by atoms with Crippen LogP contribution in [0.4, 0.5) is 10.8 Å². The van der Waals surface area contributed by atoms with Crippen LogP contribution >= 0.6 is 11.5 Å². The predicted octanol–water partition coefficient (Wildman–Crippen LogP) is 3.75. The van der Waals surface area contributed by atoms with Crippen LogP contribution in [0.15, 0.2) is 0 Å². The molecule has 0 saturated carbocycles. The van der Waals surface area contributed by atoms with E-state index < -0.39 is 0 Å². The lowest BCUT2D eigenvalue weighted by atomic mass is 10.0. The average Bonchev–Trinajstić information content (AvgIpc) is 2.61. The standard InChI is InChI=1S/C13H25N3OS/c1-5-17-11-12(14)16-18-13(11)15-10(4)8-6-7-9(2)3/h9-10,15H,5-8H2,1-4H3,(H2,14,16). The summed E-state index contributed by atoms with van der Waals surface area (Å²) < 4.78 is 9.64. The van der Waals surface area contributed by atoms with Crippen LogP contribution in [0, 0.1) is 5.92 Å². The van der Waals surface area contributed by atoms with E-state index in [0.29, 0.717) is 24.2 Å². The molecular weight excluding hydrogens is 246 g/mol.